The highest BCUT2D eigenvalue weighted by Crippen LogP contribution is 2.32. The number of benzene rings is 2. The number of H-pyrrole nitrogens is 1. The number of rotatable bonds is 2. The molecule has 1 aromatic heterocycles. The Kier molecular flexibility index (Phi) is 2.95. The lowest BCUT2D eigenvalue weighted by molar-refractivity contribution is 0.0691. The Labute approximate surface area is 118 Å². The minimum absolute atomic E-state index is 0.0320. The SMILES string of the molecule is O=C(O)c1cc2cccc(-c3cccc(Cl)c3F)c2[nH]1. The molecule has 1 heterocycles. The van der Waals surface area contributed by atoms with Crippen LogP contribution in [0.4, 0.5) is 4.39 Å². The van der Waals surface area contributed by atoms with E-state index in [4.69, 9.17) is 16.7 Å². The summed E-state index contributed by atoms with van der Waals surface area (Å²) in [5, 5.41) is 9.76. The van der Waals surface area contributed by atoms with Crippen LogP contribution in [0, 0.1) is 5.82 Å². The summed E-state index contributed by atoms with van der Waals surface area (Å²) in [6.45, 7) is 0. The molecule has 0 aliphatic rings. The summed E-state index contributed by atoms with van der Waals surface area (Å²) < 4.78 is 14.1. The molecule has 0 atom stereocenters. The summed E-state index contributed by atoms with van der Waals surface area (Å²) in [6.07, 6.45) is 0. The van der Waals surface area contributed by atoms with Gasteiger partial charge in [-0.25, -0.2) is 9.18 Å². The number of aromatic amines is 1. The number of carboxylic acids is 1. The fourth-order valence-corrected chi connectivity index (χ4v) is 2.38. The minimum atomic E-state index is -1.06. The maximum atomic E-state index is 14.1. The van der Waals surface area contributed by atoms with E-state index in [1.165, 1.54) is 12.1 Å². The molecule has 0 saturated heterocycles. The highest BCUT2D eigenvalue weighted by atomic mass is 35.5. The number of halogens is 2. The van der Waals surface area contributed by atoms with Gasteiger partial charge in [-0.15, -0.1) is 0 Å². The van der Waals surface area contributed by atoms with Gasteiger partial charge >= 0.3 is 5.97 Å². The molecular weight excluding hydrogens is 281 g/mol. The molecule has 0 fully saturated rings. The van der Waals surface area contributed by atoms with Crippen molar-refractivity contribution < 1.29 is 14.3 Å². The lowest BCUT2D eigenvalue weighted by Crippen LogP contribution is -1.95. The van der Waals surface area contributed by atoms with Crippen molar-refractivity contribution in [1.82, 2.24) is 4.98 Å². The number of aromatic carboxylic acids is 1. The third-order valence-electron chi connectivity index (χ3n) is 3.13. The molecule has 100 valence electrons. The second-order valence-electron chi connectivity index (χ2n) is 4.36. The highest BCUT2D eigenvalue weighted by molar-refractivity contribution is 6.31. The Morgan fingerprint density at radius 3 is 2.60 bits per heavy atom. The van der Waals surface area contributed by atoms with Crippen LogP contribution in [0.2, 0.25) is 5.02 Å². The number of hydrogen-bond acceptors (Lipinski definition) is 1. The quantitative estimate of drug-likeness (QED) is 0.738. The fraction of sp³-hybridized carbons (Fsp3) is 0. The molecule has 3 nitrogen and oxygen atoms in total. The van der Waals surface area contributed by atoms with Gasteiger partial charge in [0.05, 0.1) is 10.5 Å². The van der Waals surface area contributed by atoms with Crippen LogP contribution in [-0.2, 0) is 0 Å². The number of fused-ring (bicyclic) bond motifs is 1. The second kappa shape index (κ2) is 4.65. The van der Waals surface area contributed by atoms with Crippen LogP contribution in [0.25, 0.3) is 22.0 Å². The van der Waals surface area contributed by atoms with Gasteiger partial charge in [0.1, 0.15) is 11.5 Å². The van der Waals surface area contributed by atoms with Gasteiger partial charge in [-0.05, 0) is 12.1 Å². The number of carboxylic acid groups (broad SMARTS) is 1. The zero-order valence-electron chi connectivity index (χ0n) is 10.2. The van der Waals surface area contributed by atoms with Gasteiger partial charge in [0, 0.05) is 16.5 Å². The van der Waals surface area contributed by atoms with E-state index in [0.29, 0.717) is 22.0 Å². The zero-order valence-corrected chi connectivity index (χ0v) is 10.9. The van der Waals surface area contributed by atoms with Crippen molar-refractivity contribution in [3.8, 4) is 11.1 Å². The van der Waals surface area contributed by atoms with Gasteiger partial charge in [0.25, 0.3) is 0 Å². The third kappa shape index (κ3) is 1.94. The molecule has 0 spiro atoms. The average Bonchev–Trinajstić information content (AvgIpc) is 2.86. The molecule has 0 unspecified atom stereocenters. The zero-order chi connectivity index (χ0) is 14.3. The van der Waals surface area contributed by atoms with Crippen LogP contribution < -0.4 is 0 Å². The maximum absolute atomic E-state index is 14.1. The van der Waals surface area contributed by atoms with Gasteiger partial charge in [-0.1, -0.05) is 41.9 Å². The molecule has 0 saturated carbocycles. The van der Waals surface area contributed by atoms with Crippen molar-refractivity contribution in [1.29, 1.82) is 0 Å². The van der Waals surface area contributed by atoms with E-state index in [9.17, 15) is 9.18 Å². The van der Waals surface area contributed by atoms with Crippen LogP contribution in [0.1, 0.15) is 10.5 Å². The summed E-state index contributed by atoms with van der Waals surface area (Å²) in [4.78, 5) is 13.8. The average molecular weight is 290 g/mol. The largest absolute Gasteiger partial charge is 0.477 e. The number of carbonyl (C=O) groups is 1. The number of nitrogens with one attached hydrogen (secondary N) is 1. The van der Waals surface area contributed by atoms with Crippen LogP contribution in [0.3, 0.4) is 0 Å². The molecule has 0 amide bonds. The fourth-order valence-electron chi connectivity index (χ4n) is 2.21. The van der Waals surface area contributed by atoms with Gasteiger partial charge in [-0.2, -0.15) is 0 Å². The van der Waals surface area contributed by atoms with E-state index in [1.54, 1.807) is 30.3 Å². The Hall–Kier alpha value is -2.33. The number of hydrogen-bond donors (Lipinski definition) is 2. The lowest BCUT2D eigenvalue weighted by atomic mass is 10.0. The topological polar surface area (TPSA) is 53.1 Å². The molecule has 0 radical (unpaired) electrons. The smallest absolute Gasteiger partial charge is 0.352 e. The van der Waals surface area contributed by atoms with Crippen LogP contribution >= 0.6 is 11.6 Å². The first-order valence-electron chi connectivity index (χ1n) is 5.87. The number of aromatic nitrogens is 1. The maximum Gasteiger partial charge on any atom is 0.352 e. The Bertz CT molecular complexity index is 826. The Balaban J connectivity index is 2.31. The second-order valence-corrected chi connectivity index (χ2v) is 4.77. The molecule has 2 aromatic carbocycles. The first kappa shape index (κ1) is 12.7. The molecule has 5 heteroatoms. The van der Waals surface area contributed by atoms with Gasteiger partial charge in [-0.3, -0.25) is 0 Å². The minimum Gasteiger partial charge on any atom is -0.477 e. The normalized spacial score (nSPS) is 10.9. The van der Waals surface area contributed by atoms with Crippen molar-refractivity contribution >= 4 is 28.5 Å². The summed E-state index contributed by atoms with van der Waals surface area (Å²) in [7, 11) is 0. The first-order chi connectivity index (χ1) is 9.58. The Morgan fingerprint density at radius 1 is 1.15 bits per heavy atom. The van der Waals surface area contributed by atoms with Crippen LogP contribution in [-0.4, -0.2) is 16.1 Å². The molecule has 3 rings (SSSR count). The monoisotopic (exact) mass is 289 g/mol. The Morgan fingerprint density at radius 2 is 1.85 bits per heavy atom. The van der Waals surface area contributed by atoms with E-state index in [1.807, 2.05) is 0 Å². The van der Waals surface area contributed by atoms with Gasteiger partial charge < -0.3 is 10.1 Å². The van der Waals surface area contributed by atoms with Crippen molar-refractivity contribution in [2.75, 3.05) is 0 Å². The number of para-hydroxylation sites is 1. The predicted octanol–water partition coefficient (Wildman–Crippen LogP) is 4.33. The third-order valence-corrected chi connectivity index (χ3v) is 3.42. The van der Waals surface area contributed by atoms with E-state index < -0.39 is 11.8 Å². The van der Waals surface area contributed by atoms with Crippen molar-refractivity contribution in [2.24, 2.45) is 0 Å². The molecule has 3 aromatic rings. The molecule has 2 N–H and O–H groups in total. The van der Waals surface area contributed by atoms with E-state index in [-0.39, 0.29) is 10.7 Å². The summed E-state index contributed by atoms with van der Waals surface area (Å²) >= 11 is 5.79. The highest BCUT2D eigenvalue weighted by Gasteiger charge is 2.14. The van der Waals surface area contributed by atoms with E-state index in [0.717, 1.165) is 0 Å². The van der Waals surface area contributed by atoms with Crippen LogP contribution in [0.5, 0.6) is 0 Å². The lowest BCUT2D eigenvalue weighted by Gasteiger charge is -2.06. The molecule has 20 heavy (non-hydrogen) atoms. The van der Waals surface area contributed by atoms with Crippen molar-refractivity contribution in [2.45, 2.75) is 0 Å². The van der Waals surface area contributed by atoms with Crippen molar-refractivity contribution in [3.05, 3.63) is 59.0 Å². The molecular formula is C15H9ClFNO2. The van der Waals surface area contributed by atoms with E-state index in [2.05, 4.69) is 4.98 Å². The molecule has 0 aliphatic carbocycles. The predicted molar refractivity (Wildman–Crippen MR) is 75.7 cm³/mol. The summed E-state index contributed by atoms with van der Waals surface area (Å²) in [5.74, 6) is -1.58. The first-order valence-corrected chi connectivity index (χ1v) is 6.25. The van der Waals surface area contributed by atoms with Gasteiger partial charge in [0.2, 0.25) is 0 Å². The van der Waals surface area contributed by atoms with E-state index >= 15 is 0 Å². The molecule has 0 bridgehead atoms. The van der Waals surface area contributed by atoms with Gasteiger partial charge in [0.15, 0.2) is 0 Å². The van der Waals surface area contributed by atoms with Crippen molar-refractivity contribution in [3.63, 3.8) is 0 Å². The summed E-state index contributed by atoms with van der Waals surface area (Å²) in [6, 6.07) is 11.5. The summed E-state index contributed by atoms with van der Waals surface area (Å²) in [5.41, 5.74) is 1.55. The van der Waals surface area contributed by atoms with Crippen LogP contribution in [0.15, 0.2) is 42.5 Å². The molecule has 0 aliphatic heterocycles. The standard InChI is InChI=1S/C15H9ClFNO2/c16-11-6-2-4-9(13(11)17)10-5-1-3-8-7-12(15(19)20)18-14(8)10/h1-7,18H,(H,19,20).